The van der Waals surface area contributed by atoms with Crippen molar-refractivity contribution in [3.05, 3.63) is 16.1 Å². The van der Waals surface area contributed by atoms with Crippen molar-refractivity contribution in [3.8, 4) is 0 Å². The largest absolute Gasteiger partial charge is 0.349 e. The van der Waals surface area contributed by atoms with Crippen LogP contribution in [-0.4, -0.2) is 24.0 Å². The first-order valence-electron chi connectivity index (χ1n) is 5.75. The van der Waals surface area contributed by atoms with Crippen LogP contribution >= 0.6 is 23.7 Å². The lowest BCUT2D eigenvalue weighted by molar-refractivity contribution is -0.126. The van der Waals surface area contributed by atoms with E-state index in [9.17, 15) is 4.79 Å². The molecule has 17 heavy (non-hydrogen) atoms. The quantitative estimate of drug-likeness (QED) is 0.869. The number of halogens is 1. The summed E-state index contributed by atoms with van der Waals surface area (Å²) in [5.74, 6) is 1.03. The van der Waals surface area contributed by atoms with Gasteiger partial charge >= 0.3 is 0 Å². The van der Waals surface area contributed by atoms with Crippen LogP contribution in [-0.2, 0) is 11.3 Å². The smallest absolute Gasteiger partial charge is 0.226 e. The summed E-state index contributed by atoms with van der Waals surface area (Å²) in [5, 5.41) is 9.20. The Morgan fingerprint density at radius 3 is 2.88 bits per heavy atom. The van der Waals surface area contributed by atoms with Gasteiger partial charge in [0, 0.05) is 24.4 Å². The molecule has 1 aromatic rings. The first kappa shape index (κ1) is 12.8. The lowest BCUT2D eigenvalue weighted by Crippen LogP contribution is -2.50. The molecule has 1 saturated heterocycles. The normalized spacial score (nSPS) is 19.3. The molecule has 1 aliphatic carbocycles. The Morgan fingerprint density at radius 1 is 1.53 bits per heavy atom. The van der Waals surface area contributed by atoms with Crippen LogP contribution in [0.15, 0.2) is 5.38 Å². The molecule has 6 heteroatoms. The number of thiazole rings is 1. The maximum Gasteiger partial charge on any atom is 0.226 e. The molecule has 2 aliphatic rings. The van der Waals surface area contributed by atoms with Gasteiger partial charge in [-0.1, -0.05) is 0 Å². The van der Waals surface area contributed by atoms with Crippen molar-refractivity contribution in [3.63, 3.8) is 0 Å². The van der Waals surface area contributed by atoms with Gasteiger partial charge in [-0.15, -0.1) is 23.7 Å². The Balaban J connectivity index is 0.00000108. The summed E-state index contributed by atoms with van der Waals surface area (Å²) in [7, 11) is 0. The van der Waals surface area contributed by atoms with E-state index in [1.807, 2.05) is 0 Å². The highest BCUT2D eigenvalue weighted by molar-refractivity contribution is 7.09. The third-order valence-electron chi connectivity index (χ3n) is 3.13. The molecule has 1 aromatic heterocycles. The zero-order chi connectivity index (χ0) is 11.0. The van der Waals surface area contributed by atoms with Gasteiger partial charge in [0.1, 0.15) is 5.01 Å². The molecule has 0 aromatic carbocycles. The molecule has 2 heterocycles. The van der Waals surface area contributed by atoms with Gasteiger partial charge in [0.2, 0.25) is 5.91 Å². The standard InChI is InChI=1S/C11H15N3OS.ClH/c15-11(8-3-12-4-8)13-5-10-14-9(6-16-10)7-1-2-7;/h6-8,12H,1-5H2,(H,13,15);1H. The number of carbonyl (C=O) groups excluding carboxylic acids is 1. The van der Waals surface area contributed by atoms with E-state index in [1.54, 1.807) is 11.3 Å². The summed E-state index contributed by atoms with van der Waals surface area (Å²) in [6.07, 6.45) is 2.56. The van der Waals surface area contributed by atoms with Crippen molar-refractivity contribution in [1.29, 1.82) is 0 Å². The number of hydrogen-bond acceptors (Lipinski definition) is 4. The molecule has 0 unspecified atom stereocenters. The lowest BCUT2D eigenvalue weighted by Gasteiger charge is -2.25. The fourth-order valence-corrected chi connectivity index (χ4v) is 2.57. The van der Waals surface area contributed by atoms with Crippen LogP contribution < -0.4 is 10.6 Å². The molecule has 1 aliphatic heterocycles. The minimum Gasteiger partial charge on any atom is -0.349 e. The van der Waals surface area contributed by atoms with E-state index in [4.69, 9.17) is 0 Å². The molecule has 2 fully saturated rings. The summed E-state index contributed by atoms with van der Waals surface area (Å²) in [6.45, 7) is 2.22. The van der Waals surface area contributed by atoms with Gasteiger partial charge in [-0.3, -0.25) is 4.79 Å². The Morgan fingerprint density at radius 2 is 2.29 bits per heavy atom. The third kappa shape index (κ3) is 2.97. The molecule has 0 atom stereocenters. The summed E-state index contributed by atoms with van der Waals surface area (Å²) >= 11 is 1.66. The SMILES string of the molecule is Cl.O=C(NCc1nc(C2CC2)cs1)C1CNC1. The monoisotopic (exact) mass is 273 g/mol. The number of amides is 1. The average molecular weight is 274 g/mol. The van der Waals surface area contributed by atoms with Gasteiger partial charge in [-0.25, -0.2) is 4.98 Å². The highest BCUT2D eigenvalue weighted by Gasteiger charge is 2.27. The predicted octanol–water partition coefficient (Wildman–Crippen LogP) is 1.28. The zero-order valence-electron chi connectivity index (χ0n) is 9.44. The van der Waals surface area contributed by atoms with E-state index in [0.717, 1.165) is 18.1 Å². The number of rotatable bonds is 4. The van der Waals surface area contributed by atoms with Crippen LogP contribution in [0.3, 0.4) is 0 Å². The van der Waals surface area contributed by atoms with Crippen LogP contribution in [0.2, 0.25) is 0 Å². The van der Waals surface area contributed by atoms with E-state index in [2.05, 4.69) is 21.0 Å². The van der Waals surface area contributed by atoms with E-state index < -0.39 is 0 Å². The van der Waals surface area contributed by atoms with Crippen LogP contribution in [0.5, 0.6) is 0 Å². The van der Waals surface area contributed by atoms with Crippen LogP contribution in [0.4, 0.5) is 0 Å². The van der Waals surface area contributed by atoms with Crippen LogP contribution in [0.1, 0.15) is 29.5 Å². The second-order valence-corrected chi connectivity index (χ2v) is 5.46. The Bertz CT molecular complexity index is 401. The second kappa shape index (κ2) is 5.33. The maximum absolute atomic E-state index is 11.6. The van der Waals surface area contributed by atoms with Crippen LogP contribution in [0, 0.1) is 5.92 Å². The van der Waals surface area contributed by atoms with Crippen molar-refractivity contribution in [1.82, 2.24) is 15.6 Å². The first-order chi connectivity index (χ1) is 7.83. The molecular weight excluding hydrogens is 258 g/mol. The Kier molecular flexibility index (Phi) is 4.01. The summed E-state index contributed by atoms with van der Waals surface area (Å²) < 4.78 is 0. The minimum atomic E-state index is 0. The van der Waals surface area contributed by atoms with Crippen molar-refractivity contribution < 1.29 is 4.79 Å². The highest BCUT2D eigenvalue weighted by atomic mass is 35.5. The van der Waals surface area contributed by atoms with Crippen LogP contribution in [0.25, 0.3) is 0 Å². The van der Waals surface area contributed by atoms with Gasteiger partial charge in [0.05, 0.1) is 18.2 Å². The lowest BCUT2D eigenvalue weighted by atomic mass is 10.0. The number of hydrogen-bond donors (Lipinski definition) is 2. The molecule has 3 rings (SSSR count). The maximum atomic E-state index is 11.6. The molecule has 4 nitrogen and oxygen atoms in total. The molecule has 0 spiro atoms. The number of nitrogens with one attached hydrogen (secondary N) is 2. The molecular formula is C11H16ClN3OS. The molecule has 0 bridgehead atoms. The Hall–Kier alpha value is -0.650. The molecule has 2 N–H and O–H groups in total. The van der Waals surface area contributed by atoms with Gasteiger partial charge in [0.25, 0.3) is 0 Å². The van der Waals surface area contributed by atoms with E-state index in [0.29, 0.717) is 12.5 Å². The topological polar surface area (TPSA) is 54.0 Å². The van der Waals surface area contributed by atoms with Crippen molar-refractivity contribution in [2.45, 2.75) is 25.3 Å². The average Bonchev–Trinajstić information content (AvgIpc) is 2.93. The molecule has 1 amide bonds. The number of carbonyl (C=O) groups is 1. The van der Waals surface area contributed by atoms with E-state index in [-0.39, 0.29) is 24.2 Å². The van der Waals surface area contributed by atoms with Gasteiger partial charge < -0.3 is 10.6 Å². The molecule has 0 radical (unpaired) electrons. The van der Waals surface area contributed by atoms with Gasteiger partial charge in [0.15, 0.2) is 0 Å². The van der Waals surface area contributed by atoms with Gasteiger partial charge in [-0.05, 0) is 12.8 Å². The van der Waals surface area contributed by atoms with E-state index in [1.165, 1.54) is 18.5 Å². The predicted molar refractivity (Wildman–Crippen MR) is 69.5 cm³/mol. The van der Waals surface area contributed by atoms with Crippen molar-refractivity contribution in [2.75, 3.05) is 13.1 Å². The Labute approximate surface area is 111 Å². The minimum absolute atomic E-state index is 0. The molecule has 94 valence electrons. The van der Waals surface area contributed by atoms with Gasteiger partial charge in [-0.2, -0.15) is 0 Å². The first-order valence-corrected chi connectivity index (χ1v) is 6.63. The fourth-order valence-electron chi connectivity index (χ4n) is 1.75. The summed E-state index contributed by atoms with van der Waals surface area (Å²) in [4.78, 5) is 16.1. The molecule has 1 saturated carbocycles. The second-order valence-electron chi connectivity index (χ2n) is 4.51. The van der Waals surface area contributed by atoms with Crippen molar-refractivity contribution >= 4 is 29.7 Å². The number of nitrogens with zero attached hydrogens (tertiary/aromatic N) is 1. The third-order valence-corrected chi connectivity index (χ3v) is 4.00. The summed E-state index contributed by atoms with van der Waals surface area (Å²) in [5.41, 5.74) is 1.22. The van der Waals surface area contributed by atoms with E-state index >= 15 is 0 Å². The summed E-state index contributed by atoms with van der Waals surface area (Å²) in [6, 6.07) is 0. The zero-order valence-corrected chi connectivity index (χ0v) is 11.1. The number of aromatic nitrogens is 1. The van der Waals surface area contributed by atoms with Crippen molar-refractivity contribution in [2.24, 2.45) is 5.92 Å². The highest BCUT2D eigenvalue weighted by Crippen LogP contribution is 2.40. The fraction of sp³-hybridized carbons (Fsp3) is 0.636.